The van der Waals surface area contributed by atoms with Gasteiger partial charge in [-0.3, -0.25) is 0 Å². The van der Waals surface area contributed by atoms with E-state index in [1.54, 1.807) is 0 Å². The predicted molar refractivity (Wildman–Crippen MR) is 86.2 cm³/mol. The van der Waals surface area contributed by atoms with Gasteiger partial charge in [-0.25, -0.2) is 9.97 Å². The zero-order valence-corrected chi connectivity index (χ0v) is 14.6. The first kappa shape index (κ1) is 15.7. The van der Waals surface area contributed by atoms with Gasteiger partial charge < -0.3 is 5.32 Å². The molecule has 0 radical (unpaired) electrons. The lowest BCUT2D eigenvalue weighted by Crippen LogP contribution is -2.21. The van der Waals surface area contributed by atoms with Crippen LogP contribution in [-0.2, 0) is 11.8 Å². The van der Waals surface area contributed by atoms with Gasteiger partial charge in [0.2, 0.25) is 0 Å². The van der Waals surface area contributed by atoms with Crippen LogP contribution in [0.1, 0.15) is 53.1 Å². The van der Waals surface area contributed by atoms with Gasteiger partial charge in [-0.15, -0.1) is 0 Å². The highest BCUT2D eigenvalue weighted by Gasteiger charge is 2.24. The monoisotopic (exact) mass is 361 g/mol. The fraction of sp³-hybridized carbons (Fsp3) is 0.714. The van der Waals surface area contributed by atoms with Gasteiger partial charge in [0.25, 0.3) is 0 Å². The van der Waals surface area contributed by atoms with Crippen molar-refractivity contribution in [2.45, 2.75) is 53.4 Å². The van der Waals surface area contributed by atoms with Crippen molar-refractivity contribution in [3.63, 3.8) is 0 Å². The van der Waals surface area contributed by atoms with Crippen LogP contribution in [0.2, 0.25) is 0 Å². The Morgan fingerprint density at radius 1 is 1.06 bits per heavy atom. The largest absolute Gasteiger partial charge is 0.372 e. The van der Waals surface area contributed by atoms with E-state index < -0.39 is 0 Å². The predicted octanol–water partition coefficient (Wildman–Crippen LogP) is 4.01. The SMILES string of the molecule is CNc1nc(CC(C)(C)C)nc(C(C)(C)C)c1I. The minimum absolute atomic E-state index is 0.0394. The average molecular weight is 361 g/mol. The zero-order valence-electron chi connectivity index (χ0n) is 12.5. The number of aromatic nitrogens is 2. The first-order valence-corrected chi connectivity index (χ1v) is 7.37. The van der Waals surface area contributed by atoms with Crippen LogP contribution in [0.15, 0.2) is 0 Å². The molecule has 4 heteroatoms. The summed E-state index contributed by atoms with van der Waals surface area (Å²) in [6, 6.07) is 0. The maximum atomic E-state index is 4.78. The number of hydrogen-bond acceptors (Lipinski definition) is 3. The molecular weight excluding hydrogens is 337 g/mol. The van der Waals surface area contributed by atoms with Crippen LogP contribution in [0.4, 0.5) is 5.82 Å². The van der Waals surface area contributed by atoms with Crippen molar-refractivity contribution >= 4 is 28.4 Å². The summed E-state index contributed by atoms with van der Waals surface area (Å²) >= 11 is 2.33. The molecule has 102 valence electrons. The summed E-state index contributed by atoms with van der Waals surface area (Å²) in [5.74, 6) is 1.87. The summed E-state index contributed by atoms with van der Waals surface area (Å²) in [6.07, 6.45) is 0.891. The maximum absolute atomic E-state index is 4.78. The third-order valence-electron chi connectivity index (χ3n) is 2.53. The van der Waals surface area contributed by atoms with E-state index in [0.717, 1.165) is 27.3 Å². The van der Waals surface area contributed by atoms with Crippen LogP contribution >= 0.6 is 22.6 Å². The van der Waals surface area contributed by atoms with Gasteiger partial charge in [0.15, 0.2) is 0 Å². The first-order valence-electron chi connectivity index (χ1n) is 6.29. The van der Waals surface area contributed by atoms with Crippen LogP contribution in [0, 0.1) is 8.99 Å². The molecule has 1 N–H and O–H groups in total. The highest BCUT2D eigenvalue weighted by molar-refractivity contribution is 14.1. The molecule has 1 aromatic heterocycles. The standard InChI is InChI=1S/C14H24IN3/c1-13(2,3)8-9-17-11(14(4,5)6)10(15)12(16-7)18-9/h8H2,1-7H3,(H,16,17,18). The van der Waals surface area contributed by atoms with Gasteiger partial charge in [-0.05, 0) is 28.0 Å². The lowest BCUT2D eigenvalue weighted by Gasteiger charge is -2.23. The topological polar surface area (TPSA) is 37.8 Å². The molecule has 3 nitrogen and oxygen atoms in total. The van der Waals surface area contributed by atoms with E-state index >= 15 is 0 Å². The van der Waals surface area contributed by atoms with E-state index in [1.165, 1.54) is 0 Å². The fourth-order valence-electron chi connectivity index (χ4n) is 1.71. The number of nitrogens with one attached hydrogen (secondary N) is 1. The second-order valence-electron chi connectivity index (χ2n) is 6.89. The highest BCUT2D eigenvalue weighted by atomic mass is 127. The van der Waals surface area contributed by atoms with E-state index in [9.17, 15) is 0 Å². The third kappa shape index (κ3) is 4.07. The molecule has 0 bridgehead atoms. The molecule has 1 aromatic rings. The van der Waals surface area contributed by atoms with Gasteiger partial charge in [0, 0.05) is 18.9 Å². The van der Waals surface area contributed by atoms with Crippen LogP contribution in [0.25, 0.3) is 0 Å². The van der Waals surface area contributed by atoms with Gasteiger partial charge in [0.1, 0.15) is 11.6 Å². The van der Waals surface area contributed by atoms with Crippen LogP contribution in [-0.4, -0.2) is 17.0 Å². The molecule has 0 spiro atoms. The van der Waals surface area contributed by atoms with E-state index in [-0.39, 0.29) is 10.8 Å². The molecular formula is C14H24IN3. The van der Waals surface area contributed by atoms with Crippen molar-refractivity contribution in [1.82, 2.24) is 9.97 Å². The molecule has 18 heavy (non-hydrogen) atoms. The Bertz CT molecular complexity index is 428. The number of hydrogen-bond donors (Lipinski definition) is 1. The lowest BCUT2D eigenvalue weighted by molar-refractivity contribution is 0.398. The van der Waals surface area contributed by atoms with Crippen LogP contribution in [0.5, 0.6) is 0 Å². The molecule has 0 fully saturated rings. The number of anilines is 1. The van der Waals surface area contributed by atoms with Crippen LogP contribution in [0.3, 0.4) is 0 Å². The molecule has 0 amide bonds. The minimum Gasteiger partial charge on any atom is -0.372 e. The molecule has 0 aliphatic rings. The summed E-state index contributed by atoms with van der Waals surface area (Å²) in [4.78, 5) is 9.40. The Labute approximate surface area is 124 Å². The van der Waals surface area contributed by atoms with Gasteiger partial charge in [0.05, 0.1) is 9.26 Å². The Morgan fingerprint density at radius 2 is 1.61 bits per heavy atom. The summed E-state index contributed by atoms with van der Waals surface area (Å²) in [7, 11) is 1.91. The van der Waals surface area contributed by atoms with Crippen LogP contribution < -0.4 is 5.32 Å². The van der Waals surface area contributed by atoms with Gasteiger partial charge >= 0.3 is 0 Å². The maximum Gasteiger partial charge on any atom is 0.143 e. The second-order valence-corrected chi connectivity index (χ2v) is 7.97. The summed E-state index contributed by atoms with van der Waals surface area (Å²) in [6.45, 7) is 13.2. The summed E-state index contributed by atoms with van der Waals surface area (Å²) in [5, 5.41) is 3.18. The van der Waals surface area contributed by atoms with Crippen molar-refractivity contribution in [2.24, 2.45) is 5.41 Å². The molecule has 0 aliphatic carbocycles. The van der Waals surface area contributed by atoms with Crippen molar-refractivity contribution in [1.29, 1.82) is 0 Å². The number of nitrogens with zero attached hydrogens (tertiary/aromatic N) is 2. The smallest absolute Gasteiger partial charge is 0.143 e. The number of rotatable bonds is 2. The highest BCUT2D eigenvalue weighted by Crippen LogP contribution is 2.30. The Kier molecular flexibility index (Phi) is 4.62. The van der Waals surface area contributed by atoms with Crippen molar-refractivity contribution < 1.29 is 0 Å². The van der Waals surface area contributed by atoms with E-state index in [1.807, 2.05) is 7.05 Å². The second kappa shape index (κ2) is 5.31. The molecule has 0 unspecified atom stereocenters. The molecule has 1 heterocycles. The van der Waals surface area contributed by atoms with E-state index in [4.69, 9.17) is 4.98 Å². The molecule has 0 saturated carbocycles. The molecule has 1 rings (SSSR count). The average Bonchev–Trinajstić information content (AvgIpc) is 2.16. The normalized spacial score (nSPS) is 12.7. The third-order valence-corrected chi connectivity index (χ3v) is 3.55. The van der Waals surface area contributed by atoms with E-state index in [2.05, 4.69) is 74.4 Å². The van der Waals surface area contributed by atoms with Crippen molar-refractivity contribution in [2.75, 3.05) is 12.4 Å². The minimum atomic E-state index is 0.0394. The Morgan fingerprint density at radius 3 is 2.00 bits per heavy atom. The van der Waals surface area contributed by atoms with E-state index in [0.29, 0.717) is 0 Å². The van der Waals surface area contributed by atoms with Crippen molar-refractivity contribution in [3.8, 4) is 0 Å². The quantitative estimate of drug-likeness (QED) is 0.809. The zero-order chi connectivity index (χ0) is 14.1. The lowest BCUT2D eigenvalue weighted by atomic mass is 9.90. The number of halogens is 1. The van der Waals surface area contributed by atoms with Crippen molar-refractivity contribution in [3.05, 3.63) is 15.1 Å². The van der Waals surface area contributed by atoms with Gasteiger partial charge in [-0.2, -0.15) is 0 Å². The summed E-state index contributed by atoms with van der Waals surface area (Å²) in [5.41, 5.74) is 1.37. The molecule has 0 aliphatic heterocycles. The fourth-order valence-corrected chi connectivity index (χ4v) is 3.03. The Balaban J connectivity index is 3.31. The summed E-state index contributed by atoms with van der Waals surface area (Å²) < 4.78 is 1.13. The Hall–Kier alpha value is -0.390. The molecule has 0 saturated heterocycles. The first-order chi connectivity index (χ1) is 8.04. The molecule has 0 aromatic carbocycles. The van der Waals surface area contributed by atoms with Gasteiger partial charge in [-0.1, -0.05) is 41.5 Å². The molecule has 0 atom stereocenters.